The van der Waals surface area contributed by atoms with E-state index in [1.165, 1.54) is 11.1 Å². The number of hydrogen-bond acceptors (Lipinski definition) is 3. The number of likely N-dealkylation sites (tertiary alicyclic amines) is 1. The summed E-state index contributed by atoms with van der Waals surface area (Å²) in [6, 6.07) is 0. The van der Waals surface area contributed by atoms with Gasteiger partial charge in [0.05, 0.1) is 12.1 Å². The molecule has 0 aromatic carbocycles. The molecule has 1 aliphatic heterocycles. The number of nitrogens with zero attached hydrogens (tertiary/aromatic N) is 2. The summed E-state index contributed by atoms with van der Waals surface area (Å²) in [5.74, 6) is -1.88. The summed E-state index contributed by atoms with van der Waals surface area (Å²) in [7, 11) is 0. The van der Waals surface area contributed by atoms with Gasteiger partial charge in [0, 0.05) is 13.1 Å². The van der Waals surface area contributed by atoms with Crippen molar-refractivity contribution < 1.29 is 18.0 Å². The van der Waals surface area contributed by atoms with E-state index in [0.29, 0.717) is 13.0 Å². The minimum absolute atomic E-state index is 0.0636. The third-order valence-corrected chi connectivity index (χ3v) is 3.07. The Morgan fingerprint density at radius 2 is 2.28 bits per heavy atom. The first-order valence-electron chi connectivity index (χ1n) is 5.54. The van der Waals surface area contributed by atoms with Gasteiger partial charge in [0.15, 0.2) is 0 Å². The van der Waals surface area contributed by atoms with Crippen molar-refractivity contribution in [2.75, 3.05) is 18.8 Å². The Balaban J connectivity index is 2.10. The number of carbonyl (C=O) groups is 1. The van der Waals surface area contributed by atoms with Gasteiger partial charge in [0.1, 0.15) is 11.4 Å². The normalized spacial score (nSPS) is 21.1. The first-order chi connectivity index (χ1) is 8.39. The molecule has 1 unspecified atom stereocenters. The number of carbonyl (C=O) groups excluding carboxylic acids is 1. The average Bonchev–Trinajstić information content (AvgIpc) is 2.73. The number of H-pyrrole nitrogens is 1. The predicted molar refractivity (Wildman–Crippen MR) is 57.7 cm³/mol. The molecule has 0 radical (unpaired) electrons. The third kappa shape index (κ3) is 2.41. The van der Waals surface area contributed by atoms with Crippen LogP contribution in [0.5, 0.6) is 0 Å². The molecule has 1 aromatic rings. The van der Waals surface area contributed by atoms with Crippen LogP contribution in [0, 0.1) is 5.92 Å². The molecule has 1 aromatic heterocycles. The smallest absolute Gasteiger partial charge is 0.383 e. The van der Waals surface area contributed by atoms with Crippen molar-refractivity contribution in [3.63, 3.8) is 0 Å². The zero-order valence-electron chi connectivity index (χ0n) is 9.50. The highest BCUT2D eigenvalue weighted by molar-refractivity contribution is 5.98. The molecule has 0 spiro atoms. The fourth-order valence-corrected chi connectivity index (χ4v) is 2.07. The van der Waals surface area contributed by atoms with E-state index in [4.69, 9.17) is 5.73 Å². The molecule has 5 nitrogen and oxygen atoms in total. The first kappa shape index (κ1) is 12.7. The van der Waals surface area contributed by atoms with E-state index in [-0.39, 0.29) is 24.3 Å². The Morgan fingerprint density at radius 3 is 2.83 bits per heavy atom. The van der Waals surface area contributed by atoms with E-state index < -0.39 is 18.0 Å². The van der Waals surface area contributed by atoms with E-state index in [9.17, 15) is 18.0 Å². The Bertz CT molecular complexity index is 443. The molecule has 1 fully saturated rings. The topological polar surface area (TPSA) is 75.0 Å². The van der Waals surface area contributed by atoms with Gasteiger partial charge in [-0.15, -0.1) is 0 Å². The first-order valence-corrected chi connectivity index (χ1v) is 5.54. The molecule has 1 atom stereocenters. The van der Waals surface area contributed by atoms with Crippen molar-refractivity contribution in [2.45, 2.75) is 19.0 Å². The minimum atomic E-state index is -4.26. The number of piperidine rings is 1. The molecule has 1 aliphatic rings. The van der Waals surface area contributed by atoms with Crippen LogP contribution in [0.4, 0.5) is 19.0 Å². The molecule has 100 valence electrons. The highest BCUT2D eigenvalue weighted by atomic mass is 19.4. The Hall–Kier alpha value is -1.73. The number of nitrogens with two attached hydrogens (primary N) is 1. The molecular formula is C10H13F3N4O. The lowest BCUT2D eigenvalue weighted by Crippen LogP contribution is -2.44. The van der Waals surface area contributed by atoms with Crippen molar-refractivity contribution >= 4 is 11.7 Å². The number of nitrogens with one attached hydrogen (secondary N) is 1. The van der Waals surface area contributed by atoms with Crippen LogP contribution in [0.1, 0.15) is 23.2 Å². The van der Waals surface area contributed by atoms with Gasteiger partial charge in [-0.3, -0.25) is 9.89 Å². The highest BCUT2D eigenvalue weighted by Crippen LogP contribution is 2.33. The van der Waals surface area contributed by atoms with E-state index >= 15 is 0 Å². The lowest BCUT2D eigenvalue weighted by atomic mass is 9.97. The SMILES string of the molecule is Nc1[nH]ncc1C(=O)N1CCCC(C(F)(F)F)C1. The van der Waals surface area contributed by atoms with Gasteiger partial charge in [0.25, 0.3) is 5.91 Å². The maximum absolute atomic E-state index is 12.6. The number of aromatic nitrogens is 2. The summed E-state index contributed by atoms with van der Waals surface area (Å²) in [4.78, 5) is 13.2. The fourth-order valence-electron chi connectivity index (χ4n) is 2.07. The number of aromatic amines is 1. The van der Waals surface area contributed by atoms with Crippen molar-refractivity contribution in [2.24, 2.45) is 5.92 Å². The van der Waals surface area contributed by atoms with Gasteiger partial charge in [0.2, 0.25) is 0 Å². The van der Waals surface area contributed by atoms with Gasteiger partial charge in [-0.05, 0) is 12.8 Å². The molecule has 3 N–H and O–H groups in total. The molecule has 0 aliphatic carbocycles. The molecule has 2 rings (SSSR count). The molecule has 1 amide bonds. The second-order valence-corrected chi connectivity index (χ2v) is 4.33. The standard InChI is InChI=1S/C10H13F3N4O/c11-10(12,13)6-2-1-3-17(5-6)9(18)7-4-15-16-8(7)14/h4,6H,1-3,5H2,(H3,14,15,16). The minimum Gasteiger partial charge on any atom is -0.383 e. The van der Waals surface area contributed by atoms with E-state index in [1.54, 1.807) is 0 Å². The Morgan fingerprint density at radius 1 is 1.56 bits per heavy atom. The number of halogens is 3. The van der Waals surface area contributed by atoms with Crippen LogP contribution in [0.2, 0.25) is 0 Å². The van der Waals surface area contributed by atoms with Gasteiger partial charge in [-0.25, -0.2) is 0 Å². The second kappa shape index (κ2) is 4.51. The lowest BCUT2D eigenvalue weighted by Gasteiger charge is -2.33. The number of anilines is 1. The molecule has 0 saturated carbocycles. The molecule has 8 heteroatoms. The van der Waals surface area contributed by atoms with Gasteiger partial charge in [-0.2, -0.15) is 18.3 Å². The number of rotatable bonds is 1. The fraction of sp³-hybridized carbons (Fsp3) is 0.600. The van der Waals surface area contributed by atoms with E-state index in [0.717, 1.165) is 0 Å². The van der Waals surface area contributed by atoms with Crippen molar-refractivity contribution in [1.29, 1.82) is 0 Å². The van der Waals surface area contributed by atoms with Crippen molar-refractivity contribution in [3.8, 4) is 0 Å². The van der Waals surface area contributed by atoms with E-state index in [1.807, 2.05) is 0 Å². The number of nitrogen functional groups attached to an aromatic ring is 1. The maximum Gasteiger partial charge on any atom is 0.393 e. The summed E-state index contributed by atoms with van der Waals surface area (Å²) >= 11 is 0. The predicted octanol–water partition coefficient (Wildman–Crippen LogP) is 1.41. The summed E-state index contributed by atoms with van der Waals surface area (Å²) in [5.41, 5.74) is 5.60. The lowest BCUT2D eigenvalue weighted by molar-refractivity contribution is -0.184. The van der Waals surface area contributed by atoms with E-state index in [2.05, 4.69) is 10.2 Å². The highest BCUT2D eigenvalue weighted by Gasteiger charge is 2.42. The second-order valence-electron chi connectivity index (χ2n) is 4.33. The van der Waals surface area contributed by atoms with Gasteiger partial charge in [-0.1, -0.05) is 0 Å². The molecule has 2 heterocycles. The molecule has 18 heavy (non-hydrogen) atoms. The van der Waals surface area contributed by atoms with Crippen LogP contribution in [-0.2, 0) is 0 Å². The Kier molecular flexibility index (Phi) is 3.18. The zero-order valence-corrected chi connectivity index (χ0v) is 9.50. The van der Waals surface area contributed by atoms with Gasteiger partial charge < -0.3 is 10.6 Å². The molecule has 0 bridgehead atoms. The average molecular weight is 262 g/mol. The zero-order chi connectivity index (χ0) is 13.3. The number of amides is 1. The summed E-state index contributed by atoms with van der Waals surface area (Å²) in [6.45, 7) is 0.00296. The maximum atomic E-state index is 12.6. The summed E-state index contributed by atoms with van der Waals surface area (Å²) in [5, 5.41) is 5.97. The number of alkyl halides is 3. The van der Waals surface area contributed by atoms with Crippen LogP contribution in [-0.4, -0.2) is 40.3 Å². The summed E-state index contributed by atoms with van der Waals surface area (Å²) in [6.07, 6.45) is -2.63. The van der Waals surface area contributed by atoms with Crippen LogP contribution in [0.15, 0.2) is 6.20 Å². The summed E-state index contributed by atoms with van der Waals surface area (Å²) < 4.78 is 37.9. The van der Waals surface area contributed by atoms with Gasteiger partial charge >= 0.3 is 6.18 Å². The number of hydrogen-bond donors (Lipinski definition) is 2. The van der Waals surface area contributed by atoms with Crippen LogP contribution in [0.25, 0.3) is 0 Å². The Labute approximate surface area is 101 Å². The van der Waals surface area contributed by atoms with Crippen LogP contribution >= 0.6 is 0 Å². The monoisotopic (exact) mass is 262 g/mol. The van der Waals surface area contributed by atoms with Crippen molar-refractivity contribution in [3.05, 3.63) is 11.8 Å². The molecule has 1 saturated heterocycles. The van der Waals surface area contributed by atoms with Crippen LogP contribution in [0.3, 0.4) is 0 Å². The van der Waals surface area contributed by atoms with Crippen molar-refractivity contribution in [1.82, 2.24) is 15.1 Å². The van der Waals surface area contributed by atoms with Crippen LogP contribution < -0.4 is 5.73 Å². The third-order valence-electron chi connectivity index (χ3n) is 3.07. The largest absolute Gasteiger partial charge is 0.393 e. The molecular weight excluding hydrogens is 249 g/mol. The quantitative estimate of drug-likeness (QED) is 0.803.